The summed E-state index contributed by atoms with van der Waals surface area (Å²) in [6.45, 7) is 1.20. The molecule has 0 aliphatic carbocycles. The van der Waals surface area contributed by atoms with Gasteiger partial charge in [-0.15, -0.1) is 11.3 Å². The molecule has 0 aliphatic heterocycles. The summed E-state index contributed by atoms with van der Waals surface area (Å²) in [5.41, 5.74) is 6.24. The van der Waals surface area contributed by atoms with Crippen molar-refractivity contribution in [2.24, 2.45) is 15.9 Å². The van der Waals surface area contributed by atoms with Crippen molar-refractivity contribution >= 4 is 45.4 Å². The normalized spacial score (nSPS) is 10.9. The van der Waals surface area contributed by atoms with Crippen LogP contribution >= 0.6 is 11.3 Å². The number of fused-ring (bicyclic) bond motifs is 1. The van der Waals surface area contributed by atoms with Gasteiger partial charge in [0.05, 0.1) is 6.92 Å². The van der Waals surface area contributed by atoms with E-state index in [1.54, 1.807) is 11.3 Å². The molecule has 200 valence electrons. The molecule has 0 saturated carbocycles. The smallest absolute Gasteiger partial charge is 0.490 e. The monoisotopic (exact) mass is 536 g/mol. The molecule has 1 aromatic carbocycles. The van der Waals surface area contributed by atoms with Gasteiger partial charge in [-0.05, 0) is 56.0 Å². The van der Waals surface area contributed by atoms with Gasteiger partial charge in [0, 0.05) is 22.6 Å². The summed E-state index contributed by atoms with van der Waals surface area (Å²) < 4.78 is 67.3. The van der Waals surface area contributed by atoms with Crippen LogP contribution in [-0.2, 0) is 9.59 Å². The van der Waals surface area contributed by atoms with E-state index >= 15 is 0 Å². The minimum absolute atomic E-state index is 0. The number of carbonyl (C=O) groups is 2. The summed E-state index contributed by atoms with van der Waals surface area (Å²) in [6.07, 6.45) is -3.11. The van der Waals surface area contributed by atoms with Crippen LogP contribution in [0.4, 0.5) is 32.0 Å². The number of nitrogens with zero attached hydrogens (tertiary/aromatic N) is 2. The summed E-state index contributed by atoms with van der Waals surface area (Å²) in [5.74, 6) is -2.17. The summed E-state index contributed by atoms with van der Waals surface area (Å²) in [6, 6.07) is 8.22. The number of alkyl halides is 6. The second-order valence-corrected chi connectivity index (χ2v) is 7.09. The number of benzene rings is 1. The van der Waals surface area contributed by atoms with Crippen LogP contribution in [0.1, 0.15) is 24.6 Å². The van der Waals surface area contributed by atoms with E-state index in [0.717, 1.165) is 25.1 Å². The Morgan fingerprint density at radius 1 is 1.26 bits per heavy atom. The van der Waals surface area contributed by atoms with E-state index in [1.165, 1.54) is 15.0 Å². The van der Waals surface area contributed by atoms with Gasteiger partial charge >= 0.3 is 24.7 Å². The van der Waals surface area contributed by atoms with E-state index in [9.17, 15) is 26.3 Å². The van der Waals surface area contributed by atoms with Gasteiger partial charge in [-0.3, -0.25) is 0 Å². The Bertz CT molecular complexity index is 920. The fourth-order valence-electron chi connectivity index (χ4n) is 1.86. The lowest BCUT2D eigenvalue weighted by molar-refractivity contribution is -0.283. The molecule has 1 heterocycles. The van der Waals surface area contributed by atoms with Crippen molar-refractivity contribution in [1.82, 2.24) is 6.15 Å². The zero-order valence-electron chi connectivity index (χ0n) is 18.7. The third-order valence-corrected chi connectivity index (χ3v) is 4.13. The second-order valence-electron chi connectivity index (χ2n) is 5.80. The maximum absolute atomic E-state index is 10.6. The topological polar surface area (TPSA) is 174 Å². The van der Waals surface area contributed by atoms with Crippen molar-refractivity contribution in [3.05, 3.63) is 33.7 Å². The largest absolute Gasteiger partial charge is 0.554 e. The zero-order chi connectivity index (χ0) is 26.7. The molecular formula is C19H26F6N4O5S. The Labute approximate surface area is 200 Å². The van der Waals surface area contributed by atoms with Gasteiger partial charge in [0.1, 0.15) is 0 Å². The molecule has 0 atom stereocenters. The Kier molecular flexibility index (Phi) is 21.1. The SMILES string of the molecule is CC(=NCCCCN)[O+]=Nc1ccc2sc(C)cc2c1.FC(F)F.N.O=C(O)C(F)(F)F.O=C[O-]. The third kappa shape index (κ3) is 21.2. The van der Waals surface area contributed by atoms with Crippen LogP contribution in [-0.4, -0.2) is 49.4 Å². The minimum Gasteiger partial charge on any atom is -0.554 e. The lowest BCUT2D eigenvalue weighted by Gasteiger charge is -1.93. The lowest BCUT2D eigenvalue weighted by atomic mass is 10.2. The molecule has 35 heavy (non-hydrogen) atoms. The molecule has 16 heteroatoms. The molecule has 6 N–H and O–H groups in total. The Morgan fingerprint density at radius 2 is 1.77 bits per heavy atom. The van der Waals surface area contributed by atoms with Gasteiger partial charge in [0.15, 0.2) is 10.9 Å². The molecular weight excluding hydrogens is 510 g/mol. The van der Waals surface area contributed by atoms with Crippen molar-refractivity contribution in [2.75, 3.05) is 13.1 Å². The molecule has 0 bridgehead atoms. The number of nitrogens with two attached hydrogens (primary N) is 1. The standard InChI is InChI=1S/C15H20N3OS.C2HF3O2.CHF3.CH2O2.H3N/c1-11-9-13-10-14(5-6-15(13)20-11)18-19-12(2)17-8-4-3-7-16;3-2(4,5)1(6)7;2-1(3)4;2-1-3;/h5-6,9-10H,3-4,7-8,16H2,1-2H3;(H,6,7);1H;1H,(H,2,3);1H3/q+1;;;;/p-1. The number of hydrogen-bond acceptors (Lipinski definition) is 8. The van der Waals surface area contributed by atoms with Crippen LogP contribution in [0, 0.1) is 11.5 Å². The van der Waals surface area contributed by atoms with E-state index in [2.05, 4.69) is 29.2 Å². The maximum Gasteiger partial charge on any atom is 0.490 e. The predicted molar refractivity (Wildman–Crippen MR) is 120 cm³/mol. The quantitative estimate of drug-likeness (QED) is 0.125. The molecule has 2 rings (SSSR count). The molecule has 1 aromatic heterocycles. The molecule has 0 aliphatic rings. The molecule has 0 spiro atoms. The first kappa shape index (κ1) is 36.5. The van der Waals surface area contributed by atoms with Gasteiger partial charge < -0.3 is 26.9 Å². The zero-order valence-corrected chi connectivity index (χ0v) is 19.5. The van der Waals surface area contributed by atoms with Crippen molar-refractivity contribution in [3.63, 3.8) is 0 Å². The number of carboxylic acid groups (broad SMARTS) is 2. The number of halogens is 6. The molecule has 0 saturated heterocycles. The van der Waals surface area contributed by atoms with Crippen molar-refractivity contribution in [3.8, 4) is 0 Å². The minimum atomic E-state index is -5.08. The number of aliphatic carboxylic acids is 1. The number of hydrogen-bond donors (Lipinski definition) is 3. The molecule has 0 unspecified atom stereocenters. The fraction of sp³-hybridized carbons (Fsp3) is 0.421. The number of unbranched alkanes of at least 4 members (excludes halogenated alkanes) is 1. The maximum atomic E-state index is 10.6. The molecule has 9 nitrogen and oxygen atoms in total. The number of aryl methyl sites for hydroxylation is 1. The number of nitroso groups, excluding NO2 is 1. The van der Waals surface area contributed by atoms with E-state index in [1.807, 2.05) is 19.1 Å². The van der Waals surface area contributed by atoms with Gasteiger partial charge in [-0.2, -0.15) is 31.3 Å². The molecule has 0 radical (unpaired) electrons. The molecule has 0 amide bonds. The fourth-order valence-corrected chi connectivity index (χ4v) is 2.77. The summed E-state index contributed by atoms with van der Waals surface area (Å²) in [4.78, 5) is 22.7. The first-order chi connectivity index (χ1) is 15.8. The van der Waals surface area contributed by atoms with Crippen molar-refractivity contribution in [1.29, 1.82) is 0 Å². The average molecular weight is 536 g/mol. The van der Waals surface area contributed by atoms with E-state index < -0.39 is 25.3 Å². The number of carboxylic acids is 1. The number of rotatable bonds is 5. The van der Waals surface area contributed by atoms with Crippen LogP contribution in [0.3, 0.4) is 0 Å². The highest BCUT2D eigenvalue weighted by atomic mass is 32.1. The van der Waals surface area contributed by atoms with E-state index in [-0.39, 0.29) is 6.15 Å². The van der Waals surface area contributed by atoms with Crippen LogP contribution in [0.25, 0.3) is 10.1 Å². The third-order valence-electron chi connectivity index (χ3n) is 3.10. The van der Waals surface area contributed by atoms with Crippen LogP contribution in [0.2, 0.25) is 0 Å². The highest BCUT2D eigenvalue weighted by Crippen LogP contribution is 2.28. The van der Waals surface area contributed by atoms with Gasteiger partial charge in [0.25, 0.3) is 0 Å². The van der Waals surface area contributed by atoms with E-state index in [4.69, 9.17) is 30.1 Å². The van der Waals surface area contributed by atoms with Crippen LogP contribution < -0.4 is 17.0 Å². The Balaban J connectivity index is -0.000000568. The molecule has 0 fully saturated rings. The van der Waals surface area contributed by atoms with Gasteiger partial charge in [0.2, 0.25) is 0 Å². The van der Waals surface area contributed by atoms with Crippen molar-refractivity contribution < 1.29 is 46.1 Å². The van der Waals surface area contributed by atoms with Crippen LogP contribution in [0.15, 0.2) is 34.4 Å². The Hall–Kier alpha value is -3.11. The lowest BCUT2D eigenvalue weighted by Crippen LogP contribution is -2.21. The first-order valence-corrected chi connectivity index (χ1v) is 9.97. The summed E-state index contributed by atoms with van der Waals surface area (Å²) in [5, 5.41) is 20.7. The van der Waals surface area contributed by atoms with E-state index in [0.29, 0.717) is 12.4 Å². The summed E-state index contributed by atoms with van der Waals surface area (Å²) in [7, 11) is 0. The van der Waals surface area contributed by atoms with Crippen LogP contribution in [0.5, 0.6) is 0 Å². The second kappa shape index (κ2) is 20.3. The summed E-state index contributed by atoms with van der Waals surface area (Å²) >= 11 is 1.78. The van der Waals surface area contributed by atoms with Crippen molar-refractivity contribution in [2.45, 2.75) is 39.5 Å². The van der Waals surface area contributed by atoms with Gasteiger partial charge in [-0.1, -0.05) is 4.54 Å². The average Bonchev–Trinajstić information content (AvgIpc) is 3.09. The Morgan fingerprint density at radius 3 is 2.23 bits per heavy atom. The highest BCUT2D eigenvalue weighted by molar-refractivity contribution is 7.19. The molecule has 2 aromatic rings. The number of aliphatic imine (C=N–C) groups is 1. The predicted octanol–water partition coefficient (Wildman–Crippen LogP) is 4.64. The highest BCUT2D eigenvalue weighted by Gasteiger charge is 2.38. The number of thiophene rings is 1. The number of carbonyl (C=O) groups excluding carboxylic acids is 1. The first-order valence-electron chi connectivity index (χ1n) is 9.15. The van der Waals surface area contributed by atoms with Gasteiger partial charge in [-0.25, -0.2) is 4.79 Å².